The summed E-state index contributed by atoms with van der Waals surface area (Å²) in [6.07, 6.45) is 0. The molecule has 0 saturated carbocycles. The highest BCUT2D eigenvalue weighted by Crippen LogP contribution is 2.31. The predicted molar refractivity (Wildman–Crippen MR) is 71.8 cm³/mol. The summed E-state index contributed by atoms with van der Waals surface area (Å²) in [6, 6.07) is 12.4. The van der Waals surface area contributed by atoms with Crippen LogP contribution in [0.4, 0.5) is 5.69 Å². The molecule has 0 aliphatic heterocycles. The zero-order valence-corrected chi connectivity index (χ0v) is 10.5. The molecule has 0 aliphatic carbocycles. The van der Waals surface area contributed by atoms with Gasteiger partial charge in [-0.05, 0) is 48.9 Å². The van der Waals surface area contributed by atoms with Gasteiger partial charge in [0.2, 0.25) is 0 Å². The molecule has 0 aromatic heterocycles. The number of benzene rings is 2. The number of nitriles is 1. The number of nitrogens with two attached hydrogens (primary N) is 1. The van der Waals surface area contributed by atoms with Crippen LogP contribution >= 0.6 is 11.6 Å². The fraction of sp³-hybridized carbons (Fsp3) is 0.0714. The van der Waals surface area contributed by atoms with Gasteiger partial charge in [0.05, 0.1) is 17.3 Å². The number of rotatable bonds is 2. The SMILES string of the molecule is Cc1cc(C#N)ccc1Oc1ccc(Cl)cc1N. The fourth-order valence-electron chi connectivity index (χ4n) is 1.56. The Morgan fingerprint density at radius 3 is 2.50 bits per heavy atom. The van der Waals surface area contributed by atoms with E-state index in [1.807, 2.05) is 6.92 Å². The van der Waals surface area contributed by atoms with Crippen molar-refractivity contribution in [2.45, 2.75) is 6.92 Å². The Labute approximate surface area is 110 Å². The second-order valence-electron chi connectivity index (χ2n) is 3.88. The number of nitrogens with zero attached hydrogens (tertiary/aromatic N) is 1. The van der Waals surface area contributed by atoms with Crippen molar-refractivity contribution in [3.63, 3.8) is 0 Å². The lowest BCUT2D eigenvalue weighted by Gasteiger charge is -2.11. The summed E-state index contributed by atoms with van der Waals surface area (Å²) in [6.45, 7) is 1.88. The number of ether oxygens (including phenoxy) is 1. The van der Waals surface area contributed by atoms with Gasteiger partial charge in [0, 0.05) is 5.02 Å². The molecule has 0 amide bonds. The lowest BCUT2D eigenvalue weighted by molar-refractivity contribution is 0.481. The van der Waals surface area contributed by atoms with Crippen LogP contribution in [-0.4, -0.2) is 0 Å². The van der Waals surface area contributed by atoms with E-state index in [0.29, 0.717) is 27.8 Å². The van der Waals surface area contributed by atoms with Gasteiger partial charge in [-0.3, -0.25) is 0 Å². The van der Waals surface area contributed by atoms with Crippen LogP contribution in [0.1, 0.15) is 11.1 Å². The highest BCUT2D eigenvalue weighted by Gasteiger charge is 2.06. The van der Waals surface area contributed by atoms with E-state index < -0.39 is 0 Å². The van der Waals surface area contributed by atoms with Gasteiger partial charge in [-0.25, -0.2) is 0 Å². The Morgan fingerprint density at radius 2 is 1.89 bits per heavy atom. The molecule has 0 saturated heterocycles. The molecule has 2 N–H and O–H groups in total. The van der Waals surface area contributed by atoms with Gasteiger partial charge < -0.3 is 10.5 Å². The smallest absolute Gasteiger partial charge is 0.150 e. The van der Waals surface area contributed by atoms with E-state index >= 15 is 0 Å². The van der Waals surface area contributed by atoms with Crippen molar-refractivity contribution in [1.29, 1.82) is 5.26 Å². The molecular formula is C14H11ClN2O. The normalized spacial score (nSPS) is 9.83. The Bertz CT molecular complexity index is 632. The van der Waals surface area contributed by atoms with Crippen molar-refractivity contribution in [1.82, 2.24) is 0 Å². The summed E-state index contributed by atoms with van der Waals surface area (Å²) in [5.74, 6) is 1.22. The van der Waals surface area contributed by atoms with E-state index in [1.54, 1.807) is 36.4 Å². The molecule has 0 spiro atoms. The Morgan fingerprint density at radius 1 is 1.17 bits per heavy atom. The van der Waals surface area contributed by atoms with Crippen molar-refractivity contribution < 1.29 is 4.74 Å². The van der Waals surface area contributed by atoms with Crippen LogP contribution < -0.4 is 10.5 Å². The zero-order valence-electron chi connectivity index (χ0n) is 9.77. The number of aryl methyl sites for hydroxylation is 1. The molecule has 3 nitrogen and oxygen atoms in total. The summed E-state index contributed by atoms with van der Waals surface area (Å²) in [7, 11) is 0. The molecule has 0 aliphatic rings. The molecule has 2 aromatic rings. The molecule has 0 fully saturated rings. The summed E-state index contributed by atoms with van der Waals surface area (Å²) in [4.78, 5) is 0. The van der Waals surface area contributed by atoms with E-state index in [-0.39, 0.29) is 0 Å². The van der Waals surface area contributed by atoms with Gasteiger partial charge in [0.25, 0.3) is 0 Å². The van der Waals surface area contributed by atoms with Crippen LogP contribution in [-0.2, 0) is 0 Å². The van der Waals surface area contributed by atoms with Crippen LogP contribution in [0.2, 0.25) is 5.02 Å². The van der Waals surface area contributed by atoms with E-state index in [0.717, 1.165) is 5.56 Å². The van der Waals surface area contributed by atoms with Crippen LogP contribution in [0.25, 0.3) is 0 Å². The van der Waals surface area contributed by atoms with Crippen molar-refractivity contribution in [2.24, 2.45) is 0 Å². The first-order valence-corrected chi connectivity index (χ1v) is 5.71. The average molecular weight is 259 g/mol. The maximum absolute atomic E-state index is 8.79. The third kappa shape index (κ3) is 2.55. The first-order chi connectivity index (χ1) is 8.60. The molecular weight excluding hydrogens is 248 g/mol. The van der Waals surface area contributed by atoms with Gasteiger partial charge in [-0.1, -0.05) is 11.6 Å². The third-order valence-electron chi connectivity index (χ3n) is 2.50. The number of anilines is 1. The van der Waals surface area contributed by atoms with E-state index in [2.05, 4.69) is 6.07 Å². The van der Waals surface area contributed by atoms with Gasteiger partial charge in [-0.2, -0.15) is 5.26 Å². The lowest BCUT2D eigenvalue weighted by atomic mass is 10.1. The minimum Gasteiger partial charge on any atom is -0.455 e. The van der Waals surface area contributed by atoms with Crippen LogP contribution in [0.15, 0.2) is 36.4 Å². The first-order valence-electron chi connectivity index (χ1n) is 5.34. The molecule has 0 atom stereocenters. The second-order valence-corrected chi connectivity index (χ2v) is 4.31. The molecule has 4 heteroatoms. The minimum absolute atomic E-state index is 0.478. The van der Waals surface area contributed by atoms with Gasteiger partial charge in [0.15, 0.2) is 0 Å². The van der Waals surface area contributed by atoms with Crippen molar-refractivity contribution in [3.8, 4) is 17.6 Å². The second kappa shape index (κ2) is 4.99. The lowest BCUT2D eigenvalue weighted by Crippen LogP contribution is -1.93. The monoisotopic (exact) mass is 258 g/mol. The van der Waals surface area contributed by atoms with Crippen LogP contribution in [0.5, 0.6) is 11.5 Å². The topological polar surface area (TPSA) is 59.0 Å². The van der Waals surface area contributed by atoms with Gasteiger partial charge in [-0.15, -0.1) is 0 Å². The van der Waals surface area contributed by atoms with E-state index in [4.69, 9.17) is 27.3 Å². The summed E-state index contributed by atoms with van der Waals surface area (Å²) < 4.78 is 5.70. The van der Waals surface area contributed by atoms with Gasteiger partial charge >= 0.3 is 0 Å². The number of hydrogen-bond donors (Lipinski definition) is 1. The number of nitrogen functional groups attached to an aromatic ring is 1. The fourth-order valence-corrected chi connectivity index (χ4v) is 1.74. The molecule has 2 aromatic carbocycles. The van der Waals surface area contributed by atoms with Crippen LogP contribution in [0, 0.1) is 18.3 Å². The largest absolute Gasteiger partial charge is 0.455 e. The molecule has 0 bridgehead atoms. The van der Waals surface area contributed by atoms with Gasteiger partial charge in [0.1, 0.15) is 11.5 Å². The highest BCUT2D eigenvalue weighted by molar-refractivity contribution is 6.30. The highest BCUT2D eigenvalue weighted by atomic mass is 35.5. The summed E-state index contributed by atoms with van der Waals surface area (Å²) >= 11 is 5.82. The van der Waals surface area contributed by atoms with E-state index in [9.17, 15) is 0 Å². The Balaban J connectivity index is 2.32. The Hall–Kier alpha value is -2.18. The summed E-state index contributed by atoms with van der Waals surface area (Å²) in [5.41, 5.74) is 7.77. The molecule has 18 heavy (non-hydrogen) atoms. The standard InChI is InChI=1S/C14H11ClN2O/c1-9-6-10(8-16)2-4-13(9)18-14-5-3-11(15)7-12(14)17/h2-7H,17H2,1H3. The quantitative estimate of drug-likeness (QED) is 0.831. The number of hydrogen-bond acceptors (Lipinski definition) is 3. The molecule has 0 heterocycles. The van der Waals surface area contributed by atoms with Crippen molar-refractivity contribution in [3.05, 3.63) is 52.5 Å². The van der Waals surface area contributed by atoms with Crippen molar-refractivity contribution >= 4 is 17.3 Å². The summed E-state index contributed by atoms with van der Waals surface area (Å²) in [5, 5.41) is 9.36. The minimum atomic E-state index is 0.478. The third-order valence-corrected chi connectivity index (χ3v) is 2.73. The van der Waals surface area contributed by atoms with E-state index in [1.165, 1.54) is 0 Å². The van der Waals surface area contributed by atoms with Crippen LogP contribution in [0.3, 0.4) is 0 Å². The maximum atomic E-state index is 8.79. The number of halogens is 1. The molecule has 2 rings (SSSR count). The molecule has 0 radical (unpaired) electrons. The first kappa shape index (κ1) is 12.3. The zero-order chi connectivity index (χ0) is 13.1. The average Bonchev–Trinajstić information content (AvgIpc) is 2.34. The van der Waals surface area contributed by atoms with Crippen molar-refractivity contribution in [2.75, 3.05) is 5.73 Å². The Kier molecular flexibility index (Phi) is 3.40. The molecule has 0 unspecified atom stereocenters. The maximum Gasteiger partial charge on any atom is 0.150 e. The predicted octanol–water partition coefficient (Wildman–Crippen LogP) is 3.89. The molecule has 90 valence electrons.